The van der Waals surface area contributed by atoms with Gasteiger partial charge in [0.25, 0.3) is 15.7 Å². The molecule has 6 aromatic heterocycles. The van der Waals surface area contributed by atoms with Crippen molar-refractivity contribution in [2.75, 3.05) is 26.4 Å². The first-order valence-corrected chi connectivity index (χ1v) is 33.4. The van der Waals surface area contributed by atoms with E-state index >= 15 is 0 Å². The van der Waals surface area contributed by atoms with Gasteiger partial charge < -0.3 is 19.3 Å². The molecule has 516 valence electrons. The van der Waals surface area contributed by atoms with Crippen LogP contribution in [0.25, 0.3) is 132 Å². The molecule has 0 spiro atoms. The summed E-state index contributed by atoms with van der Waals surface area (Å²) < 4.78 is 16.7. The first-order valence-electron chi connectivity index (χ1n) is 32.3. The van der Waals surface area contributed by atoms with Crippen LogP contribution in [-0.4, -0.2) is 125 Å². The third kappa shape index (κ3) is 15.2. The lowest BCUT2D eigenvalue weighted by atomic mass is 10.1. The molecule has 0 amide bonds. The number of hydrogen-bond donors (Lipinski definition) is 1. The Bertz CT molecular complexity index is 5690. The van der Waals surface area contributed by atoms with Gasteiger partial charge in [-0.1, -0.05) is 95.9 Å². The molecule has 0 aliphatic heterocycles. The van der Waals surface area contributed by atoms with Crippen molar-refractivity contribution in [3.8, 4) is 0 Å². The van der Waals surface area contributed by atoms with E-state index < -0.39 is 33.6 Å². The number of carbonyl (C=O) groups excluding carboxylic acids is 6. The summed E-state index contributed by atoms with van der Waals surface area (Å²) >= 11 is 17.1. The fraction of sp³-hybridized carbons (Fsp3) is 0.289. The fourth-order valence-corrected chi connectivity index (χ4v) is 10.8. The number of hydrogen-bond acceptors (Lipinski definition) is 22. The van der Waals surface area contributed by atoms with Crippen molar-refractivity contribution < 1.29 is 48.1 Å². The lowest BCUT2D eigenvalue weighted by molar-refractivity contribution is 0.0439. The van der Waals surface area contributed by atoms with E-state index in [1.807, 2.05) is 48.5 Å². The Morgan fingerprint density at radius 1 is 0.297 bits per heavy atom. The van der Waals surface area contributed by atoms with E-state index in [0.717, 1.165) is 25.7 Å². The van der Waals surface area contributed by atoms with Crippen molar-refractivity contribution in [1.82, 2.24) is 59.8 Å². The molecule has 8 aromatic carbocycles. The Balaban J connectivity index is 0.000000206. The monoisotopic (exact) mass is 1420 g/mol. The minimum Gasteiger partial charge on any atom is -0.462 e. The Labute approximate surface area is 594 Å². The SMILES string of the molecule is C.C.CCC(C)CO.CCC(C)COC(=O)c1ccc2nc3c4nc5ccc(C(=O)OCC(C)CC)cc5nc4c4nc5cc(C(=O)OCC(C)CC)ccc5nc4c3nc2c1.O=C(Cl)c1ccc2nc3c4nc5ccc(C(=O)Cl)cc5nc4c4nc5cc(C(=O)Cl)ccc5nc4c3nc2c1. The van der Waals surface area contributed by atoms with Gasteiger partial charge in [0, 0.05) is 23.3 Å². The van der Waals surface area contributed by atoms with Crippen LogP contribution in [0.2, 0.25) is 0 Å². The van der Waals surface area contributed by atoms with E-state index in [4.69, 9.17) is 114 Å². The normalized spacial score (nSPS) is 12.6. The standard InChI is InChI=1S/C42H42N6O6.C27H9Cl3N6O3.C5H12O.2CH4/c1-7-22(4)19-52-40(49)25-10-13-28-31(16-25)46-37-34(43-28)35-38(47-32-17-26(11-14-29(32)44-35)41(50)53-20-23(5)8-2)39-36(37)45-30-15-12-27(18-33(30)48-39)42(51)54-21-24(6)9-3;28-25(37)10-1-4-13-16(7-10)34-22-19(31-13)20-23(35-17-8-11(26(29)38)2-5-14(17)32-20)24-21(22)33-15-6-3-12(27(30)39)9-18(15)36-24;1-3-5(2)4-6;;/h10-18,22-24H,7-9,19-21H2,1-6H3;1-9H;5-6H,3-4H2,1-2H3;2*1H4. The van der Waals surface area contributed by atoms with Crippen LogP contribution in [0.1, 0.15) is 158 Å². The quantitative estimate of drug-likeness (QED) is 0.0291. The maximum absolute atomic E-state index is 13.0. The van der Waals surface area contributed by atoms with Crippen LogP contribution >= 0.6 is 34.8 Å². The third-order valence-electron chi connectivity index (χ3n) is 17.3. The van der Waals surface area contributed by atoms with Gasteiger partial charge in [-0.2, -0.15) is 0 Å². The number of benzene rings is 8. The highest BCUT2D eigenvalue weighted by Crippen LogP contribution is 2.36. The molecule has 0 aliphatic carbocycles. The minimum atomic E-state index is -0.631. The lowest BCUT2D eigenvalue weighted by Gasteiger charge is -2.12. The number of aliphatic hydroxyl groups is 1. The van der Waals surface area contributed by atoms with Gasteiger partial charge in [0.15, 0.2) is 0 Å². The van der Waals surface area contributed by atoms with Gasteiger partial charge >= 0.3 is 17.9 Å². The summed E-state index contributed by atoms with van der Waals surface area (Å²) in [6.45, 7) is 17.6. The first kappa shape index (κ1) is 73.3. The van der Waals surface area contributed by atoms with Gasteiger partial charge in [0.1, 0.15) is 66.2 Å². The molecule has 0 fully saturated rings. The minimum absolute atomic E-state index is 0. The molecule has 25 heteroatoms. The fourth-order valence-electron chi connectivity index (χ4n) is 10.4. The highest BCUT2D eigenvalue weighted by molar-refractivity contribution is 6.68. The number of rotatable bonds is 17. The third-order valence-corrected chi connectivity index (χ3v) is 18.0. The topological polar surface area (TPSA) is 305 Å². The Kier molecular flexibility index (Phi) is 22.5. The number of fused-ring (bicyclic) bond motifs is 18. The molecule has 0 saturated carbocycles. The van der Waals surface area contributed by atoms with Crippen molar-refractivity contribution in [3.63, 3.8) is 0 Å². The molecule has 0 bridgehead atoms. The molecule has 101 heavy (non-hydrogen) atoms. The van der Waals surface area contributed by atoms with Gasteiger partial charge in [0.05, 0.1) is 103 Å². The molecule has 0 aliphatic rings. The van der Waals surface area contributed by atoms with Crippen LogP contribution < -0.4 is 0 Å². The number of halogens is 3. The summed E-state index contributed by atoms with van der Waals surface area (Å²) in [5.74, 6) is -0.127. The van der Waals surface area contributed by atoms with E-state index in [0.29, 0.717) is 181 Å². The Morgan fingerprint density at radius 3 is 0.624 bits per heavy atom. The Hall–Kier alpha value is -10.4. The molecule has 1 N–H and O–H groups in total. The van der Waals surface area contributed by atoms with E-state index in [1.165, 1.54) is 6.07 Å². The predicted octanol–water partition coefficient (Wildman–Crippen LogP) is 17.0. The van der Waals surface area contributed by atoms with Crippen molar-refractivity contribution >= 4 is 201 Å². The van der Waals surface area contributed by atoms with Gasteiger partial charge in [-0.15, -0.1) is 0 Å². The molecule has 0 radical (unpaired) electrons. The summed E-state index contributed by atoms with van der Waals surface area (Å²) in [6.07, 6.45) is 3.76. The summed E-state index contributed by atoms with van der Waals surface area (Å²) in [4.78, 5) is 133. The van der Waals surface area contributed by atoms with Crippen LogP contribution in [0.4, 0.5) is 0 Å². The predicted molar refractivity (Wildman–Crippen MR) is 396 cm³/mol. The summed E-state index contributed by atoms with van der Waals surface area (Å²) in [7, 11) is 0. The van der Waals surface area contributed by atoms with Crippen LogP contribution in [-0.2, 0) is 14.2 Å². The average Bonchev–Trinajstić information content (AvgIpc) is 0.726. The maximum atomic E-state index is 13.0. The first-order chi connectivity index (χ1) is 47.6. The molecule has 4 atom stereocenters. The number of carbonyl (C=O) groups is 6. The largest absolute Gasteiger partial charge is 0.462 e. The highest BCUT2D eigenvalue weighted by Gasteiger charge is 2.24. The van der Waals surface area contributed by atoms with Gasteiger partial charge in [-0.3, -0.25) is 14.4 Å². The van der Waals surface area contributed by atoms with Crippen molar-refractivity contribution in [3.05, 3.63) is 143 Å². The molecule has 0 saturated heterocycles. The van der Waals surface area contributed by atoms with Crippen molar-refractivity contribution in [2.45, 2.75) is 95.9 Å². The maximum Gasteiger partial charge on any atom is 0.338 e. The number of ether oxygens (including phenoxy) is 3. The van der Waals surface area contributed by atoms with E-state index in [9.17, 15) is 28.8 Å². The number of esters is 3. The smallest absolute Gasteiger partial charge is 0.338 e. The van der Waals surface area contributed by atoms with E-state index in [2.05, 4.69) is 6.92 Å². The number of aromatic nitrogens is 12. The van der Waals surface area contributed by atoms with Crippen molar-refractivity contribution in [2.24, 2.45) is 23.7 Å². The summed E-state index contributed by atoms with van der Waals surface area (Å²) in [5.41, 5.74) is 12.3. The number of aliphatic hydroxyl groups excluding tert-OH is 1. The second-order valence-corrected chi connectivity index (χ2v) is 25.6. The molecule has 14 aromatic rings. The van der Waals surface area contributed by atoms with E-state index in [1.54, 1.807) is 103 Å². The van der Waals surface area contributed by atoms with E-state index in [-0.39, 0.29) is 49.3 Å². The average molecular weight is 1420 g/mol. The summed E-state index contributed by atoms with van der Waals surface area (Å²) in [5, 5.41) is 6.46. The molecular weight excluding hydrogens is 1350 g/mol. The van der Waals surface area contributed by atoms with Gasteiger partial charge in [-0.05, 0) is 168 Å². The van der Waals surface area contributed by atoms with Gasteiger partial charge in [0.2, 0.25) is 0 Å². The highest BCUT2D eigenvalue weighted by atomic mass is 35.5. The molecular formula is C76H71Cl3N12O10. The molecule has 22 nitrogen and oxygen atoms in total. The zero-order valence-electron chi connectivity index (χ0n) is 55.0. The van der Waals surface area contributed by atoms with Crippen LogP contribution in [0, 0.1) is 23.7 Å². The molecule has 4 unspecified atom stereocenters. The second kappa shape index (κ2) is 31.0. The Morgan fingerprint density at radius 2 is 0.465 bits per heavy atom. The summed E-state index contributed by atoms with van der Waals surface area (Å²) in [6, 6.07) is 29.4. The zero-order valence-corrected chi connectivity index (χ0v) is 57.2. The van der Waals surface area contributed by atoms with Gasteiger partial charge in [-0.25, -0.2) is 74.2 Å². The zero-order chi connectivity index (χ0) is 70.1. The van der Waals surface area contributed by atoms with Crippen LogP contribution in [0.3, 0.4) is 0 Å². The molecule has 6 heterocycles. The van der Waals surface area contributed by atoms with Crippen molar-refractivity contribution in [1.29, 1.82) is 0 Å². The second-order valence-electron chi connectivity index (χ2n) is 24.6. The van der Waals surface area contributed by atoms with Crippen LogP contribution in [0.15, 0.2) is 109 Å². The van der Waals surface area contributed by atoms with Crippen LogP contribution in [0.5, 0.6) is 0 Å². The number of nitrogens with zero attached hydrogens (tertiary/aromatic N) is 12. The molecule has 14 rings (SSSR count). The lowest BCUT2D eigenvalue weighted by Crippen LogP contribution is -2.12.